The van der Waals surface area contributed by atoms with Crippen LogP contribution < -0.4 is 9.47 Å². The van der Waals surface area contributed by atoms with Crippen LogP contribution in [0.1, 0.15) is 87.6 Å². The van der Waals surface area contributed by atoms with E-state index < -0.39 is 5.97 Å². The number of esters is 2. The SMILES string of the molecule is CCCCCCC(=O)Oc1ccc(C(=O)Oc2ccc(CCCCCC)cc2)cc1. The average molecular weight is 411 g/mol. The molecule has 30 heavy (non-hydrogen) atoms. The quantitative estimate of drug-likeness (QED) is 0.205. The summed E-state index contributed by atoms with van der Waals surface area (Å²) in [5.41, 5.74) is 1.67. The van der Waals surface area contributed by atoms with E-state index in [2.05, 4.69) is 13.8 Å². The van der Waals surface area contributed by atoms with Gasteiger partial charge in [-0.05, 0) is 61.2 Å². The van der Waals surface area contributed by atoms with Gasteiger partial charge in [-0.1, -0.05) is 64.5 Å². The number of ether oxygens (including phenoxy) is 2. The number of carbonyl (C=O) groups excluding carboxylic acids is 2. The number of hydrogen-bond acceptors (Lipinski definition) is 4. The van der Waals surface area contributed by atoms with Gasteiger partial charge in [0, 0.05) is 6.42 Å². The van der Waals surface area contributed by atoms with E-state index in [1.54, 1.807) is 24.3 Å². The lowest BCUT2D eigenvalue weighted by molar-refractivity contribution is -0.134. The fraction of sp³-hybridized carbons (Fsp3) is 0.462. The Balaban J connectivity index is 1.79. The Morgan fingerprint density at radius 1 is 0.667 bits per heavy atom. The van der Waals surface area contributed by atoms with E-state index in [0.29, 0.717) is 23.5 Å². The van der Waals surface area contributed by atoms with Crippen molar-refractivity contribution in [3.63, 3.8) is 0 Å². The first kappa shape index (κ1) is 23.7. The smallest absolute Gasteiger partial charge is 0.343 e. The molecule has 2 aromatic rings. The molecule has 0 saturated heterocycles. The van der Waals surface area contributed by atoms with Crippen LogP contribution in [0, 0.1) is 0 Å². The molecule has 0 heterocycles. The van der Waals surface area contributed by atoms with Gasteiger partial charge in [0.25, 0.3) is 0 Å². The monoisotopic (exact) mass is 410 g/mol. The molecule has 0 radical (unpaired) electrons. The predicted molar refractivity (Wildman–Crippen MR) is 120 cm³/mol. The Hall–Kier alpha value is -2.62. The topological polar surface area (TPSA) is 52.6 Å². The van der Waals surface area contributed by atoms with Crippen molar-refractivity contribution in [2.45, 2.75) is 78.1 Å². The summed E-state index contributed by atoms with van der Waals surface area (Å²) in [6.07, 6.45) is 10.5. The zero-order chi connectivity index (χ0) is 21.6. The largest absolute Gasteiger partial charge is 0.427 e. The fourth-order valence-corrected chi connectivity index (χ4v) is 3.18. The van der Waals surface area contributed by atoms with Crippen molar-refractivity contribution in [2.24, 2.45) is 0 Å². The highest BCUT2D eigenvalue weighted by Crippen LogP contribution is 2.18. The van der Waals surface area contributed by atoms with Crippen molar-refractivity contribution in [2.75, 3.05) is 0 Å². The lowest BCUT2D eigenvalue weighted by Crippen LogP contribution is -2.10. The zero-order valence-corrected chi connectivity index (χ0v) is 18.3. The third kappa shape index (κ3) is 8.81. The molecule has 2 aromatic carbocycles. The summed E-state index contributed by atoms with van der Waals surface area (Å²) in [6.45, 7) is 4.34. The molecule has 0 spiro atoms. The average Bonchev–Trinajstić information content (AvgIpc) is 2.76. The molecule has 0 aliphatic rings. The summed E-state index contributed by atoms with van der Waals surface area (Å²) in [7, 11) is 0. The van der Waals surface area contributed by atoms with Crippen molar-refractivity contribution in [3.8, 4) is 11.5 Å². The number of aryl methyl sites for hydroxylation is 1. The molecular weight excluding hydrogens is 376 g/mol. The highest BCUT2D eigenvalue weighted by atomic mass is 16.5. The lowest BCUT2D eigenvalue weighted by Gasteiger charge is -2.07. The van der Waals surface area contributed by atoms with Gasteiger partial charge in [0.05, 0.1) is 5.56 Å². The highest BCUT2D eigenvalue weighted by Gasteiger charge is 2.10. The molecular formula is C26H34O4. The minimum absolute atomic E-state index is 0.240. The van der Waals surface area contributed by atoms with Crippen LogP contribution in [0.15, 0.2) is 48.5 Å². The second kappa shape index (κ2) is 13.6. The molecule has 0 amide bonds. The maximum absolute atomic E-state index is 12.3. The first-order chi connectivity index (χ1) is 14.6. The Morgan fingerprint density at radius 2 is 1.23 bits per heavy atom. The Bertz CT molecular complexity index is 763. The summed E-state index contributed by atoms with van der Waals surface area (Å²) in [6, 6.07) is 14.2. The molecule has 0 fully saturated rings. The molecule has 0 N–H and O–H groups in total. The van der Waals surface area contributed by atoms with Crippen molar-refractivity contribution in [1.29, 1.82) is 0 Å². The van der Waals surface area contributed by atoms with Crippen molar-refractivity contribution in [1.82, 2.24) is 0 Å². The van der Waals surface area contributed by atoms with Crippen LogP contribution in [0.3, 0.4) is 0 Å². The van der Waals surface area contributed by atoms with Crippen LogP contribution in [-0.2, 0) is 11.2 Å². The maximum Gasteiger partial charge on any atom is 0.343 e. The molecule has 162 valence electrons. The number of carbonyl (C=O) groups is 2. The Kier molecular flexibility index (Phi) is 10.7. The minimum atomic E-state index is -0.428. The summed E-state index contributed by atoms with van der Waals surface area (Å²) in [5, 5.41) is 0. The number of rotatable bonds is 13. The van der Waals surface area contributed by atoms with E-state index in [1.807, 2.05) is 24.3 Å². The summed E-state index contributed by atoms with van der Waals surface area (Å²) < 4.78 is 10.8. The van der Waals surface area contributed by atoms with E-state index in [1.165, 1.54) is 31.2 Å². The molecule has 4 nitrogen and oxygen atoms in total. The van der Waals surface area contributed by atoms with Gasteiger partial charge in [-0.15, -0.1) is 0 Å². The van der Waals surface area contributed by atoms with Gasteiger partial charge < -0.3 is 9.47 Å². The second-order valence-corrected chi connectivity index (χ2v) is 7.65. The first-order valence-corrected chi connectivity index (χ1v) is 11.2. The van der Waals surface area contributed by atoms with Crippen LogP contribution in [0.5, 0.6) is 11.5 Å². The van der Waals surface area contributed by atoms with Gasteiger partial charge in [0.2, 0.25) is 0 Å². The van der Waals surface area contributed by atoms with E-state index in [9.17, 15) is 9.59 Å². The number of benzene rings is 2. The maximum atomic E-state index is 12.3. The fourth-order valence-electron chi connectivity index (χ4n) is 3.18. The van der Waals surface area contributed by atoms with Gasteiger partial charge in [0.1, 0.15) is 11.5 Å². The summed E-state index contributed by atoms with van der Waals surface area (Å²) in [4.78, 5) is 24.2. The van der Waals surface area contributed by atoms with Gasteiger partial charge in [-0.2, -0.15) is 0 Å². The third-order valence-electron chi connectivity index (χ3n) is 5.01. The molecule has 0 aromatic heterocycles. The predicted octanol–water partition coefficient (Wildman–Crippen LogP) is 6.90. The molecule has 0 aliphatic carbocycles. The highest BCUT2D eigenvalue weighted by molar-refractivity contribution is 5.91. The molecule has 0 unspecified atom stereocenters. The van der Waals surface area contributed by atoms with Crippen molar-refractivity contribution < 1.29 is 19.1 Å². The number of hydrogen-bond donors (Lipinski definition) is 0. The molecule has 2 rings (SSSR count). The van der Waals surface area contributed by atoms with E-state index in [4.69, 9.17) is 9.47 Å². The van der Waals surface area contributed by atoms with Gasteiger partial charge >= 0.3 is 11.9 Å². The van der Waals surface area contributed by atoms with Crippen LogP contribution in [-0.4, -0.2) is 11.9 Å². The molecule has 0 saturated carbocycles. The summed E-state index contributed by atoms with van der Waals surface area (Å²) >= 11 is 0. The van der Waals surface area contributed by atoms with Crippen molar-refractivity contribution >= 4 is 11.9 Å². The molecule has 0 bridgehead atoms. The van der Waals surface area contributed by atoms with Crippen LogP contribution in [0.4, 0.5) is 0 Å². The summed E-state index contributed by atoms with van der Waals surface area (Å²) in [5.74, 6) is 0.304. The third-order valence-corrected chi connectivity index (χ3v) is 5.01. The van der Waals surface area contributed by atoms with Crippen molar-refractivity contribution in [3.05, 3.63) is 59.7 Å². The standard InChI is InChI=1S/C26H34O4/c1-3-5-7-9-11-21-13-17-24(18-14-21)30-26(28)22-15-19-23(20-16-22)29-25(27)12-10-8-6-4-2/h13-20H,3-12H2,1-2H3. The molecule has 4 heteroatoms. The van der Waals surface area contributed by atoms with E-state index >= 15 is 0 Å². The second-order valence-electron chi connectivity index (χ2n) is 7.65. The van der Waals surface area contributed by atoms with Crippen LogP contribution in [0.2, 0.25) is 0 Å². The minimum Gasteiger partial charge on any atom is -0.427 e. The molecule has 0 atom stereocenters. The lowest BCUT2D eigenvalue weighted by atomic mass is 10.1. The van der Waals surface area contributed by atoms with E-state index in [0.717, 1.165) is 32.1 Å². The number of unbranched alkanes of at least 4 members (excludes halogenated alkanes) is 6. The van der Waals surface area contributed by atoms with Gasteiger partial charge in [-0.3, -0.25) is 4.79 Å². The normalized spacial score (nSPS) is 10.6. The van der Waals surface area contributed by atoms with Crippen LogP contribution in [0.25, 0.3) is 0 Å². The van der Waals surface area contributed by atoms with E-state index in [-0.39, 0.29) is 5.97 Å². The van der Waals surface area contributed by atoms with Gasteiger partial charge in [0.15, 0.2) is 0 Å². The van der Waals surface area contributed by atoms with Crippen LogP contribution >= 0.6 is 0 Å². The zero-order valence-electron chi connectivity index (χ0n) is 18.3. The Labute approximate surface area is 180 Å². The molecule has 0 aliphatic heterocycles. The van der Waals surface area contributed by atoms with Gasteiger partial charge in [-0.25, -0.2) is 4.79 Å². The Morgan fingerprint density at radius 3 is 1.87 bits per heavy atom. The first-order valence-electron chi connectivity index (χ1n) is 11.2.